The Kier molecular flexibility index (Phi) is 23.3. The highest BCUT2D eigenvalue weighted by Crippen LogP contribution is 2.44. The van der Waals surface area contributed by atoms with Crippen LogP contribution in [0.2, 0.25) is 0 Å². The second-order valence-electron chi connectivity index (χ2n) is 23.3. The number of carbonyl (C=O) groups is 9. The molecule has 14 N–H and O–H groups in total. The molecule has 28 nitrogen and oxygen atoms in total. The van der Waals surface area contributed by atoms with Crippen molar-refractivity contribution >= 4 is 153 Å². The number of rotatable bonds is 33. The molecule has 4 aromatic heterocycles. The van der Waals surface area contributed by atoms with Crippen LogP contribution < -0.4 is 48.1 Å². The topological polar surface area (TPSA) is 428 Å². The number of nitrogens with two attached hydrogens (primary N) is 1. The number of amides is 5. The van der Waals surface area contributed by atoms with E-state index in [9.17, 15) is 63.3 Å². The Morgan fingerprint density at radius 3 is 2.09 bits per heavy atom. The van der Waals surface area contributed by atoms with Gasteiger partial charge in [-0.15, -0.1) is 11.6 Å². The number of nitrogens with zero attached hydrogens (tertiary/aromatic N) is 4. The number of carboxylic acid groups (broad SMARTS) is 3. The van der Waals surface area contributed by atoms with Gasteiger partial charge in [-0.25, -0.2) is 24.4 Å². The van der Waals surface area contributed by atoms with Gasteiger partial charge in [-0.1, -0.05) is 64.1 Å². The third-order valence-electron chi connectivity index (χ3n) is 16.2. The number of aliphatic carboxylic acids is 3. The SMILES string of the molecule is C[C@@H](CSSCCOC(=O)Cc1cc2c(c3ccccc13)[C@@H](CCl)CN2C(=O)c1cc2cc(NC(=O)c3cc4ccccc4[nH]3)ccc2[nH]1)NCCC[C@@H](NC(=O)CC[C@@H](NC(=O)CC[C@@H](NC(=O)c1ccc(NCc2cnc3nc(N)[nH]c(=O)c3n2)cc1)C(=O)O)C(=O)O)C(=O)O. The molecule has 0 radical (unpaired) electrons. The Balaban J connectivity index is 0.607. The average molecular weight is 1390 g/mol. The van der Waals surface area contributed by atoms with Gasteiger partial charge in [-0.05, 0) is 128 Å². The number of H-pyrrole nitrogens is 3. The highest BCUT2D eigenvalue weighted by molar-refractivity contribution is 8.76. The molecule has 9 aromatic rings. The highest BCUT2D eigenvalue weighted by Gasteiger charge is 2.36. The van der Waals surface area contributed by atoms with Gasteiger partial charge in [0, 0.05) is 93.2 Å². The summed E-state index contributed by atoms with van der Waals surface area (Å²) in [6.07, 6.45) is -0.00939. The zero-order valence-electron chi connectivity index (χ0n) is 52.6. The van der Waals surface area contributed by atoms with Gasteiger partial charge in [0.25, 0.3) is 23.3 Å². The van der Waals surface area contributed by atoms with Crippen LogP contribution in [0.1, 0.15) is 99.5 Å². The van der Waals surface area contributed by atoms with Crippen LogP contribution in [0.4, 0.5) is 23.0 Å². The smallest absolute Gasteiger partial charge is 0.326 e. The molecule has 98 heavy (non-hydrogen) atoms. The molecule has 5 heterocycles. The molecule has 510 valence electrons. The molecule has 0 aliphatic carbocycles. The fourth-order valence-electron chi connectivity index (χ4n) is 11.3. The number of fused-ring (bicyclic) bond motifs is 6. The number of aromatic nitrogens is 6. The van der Waals surface area contributed by atoms with Gasteiger partial charge in [-0.3, -0.25) is 38.5 Å². The lowest BCUT2D eigenvalue weighted by molar-refractivity contribution is -0.143. The largest absolute Gasteiger partial charge is 0.480 e. The van der Waals surface area contributed by atoms with Crippen molar-refractivity contribution in [2.45, 2.75) is 88.5 Å². The third-order valence-corrected chi connectivity index (χ3v) is 19.1. The second-order valence-corrected chi connectivity index (χ2v) is 26.2. The number of nitrogens with one attached hydrogen (secondary N) is 9. The Morgan fingerprint density at radius 2 is 1.38 bits per heavy atom. The van der Waals surface area contributed by atoms with Crippen molar-refractivity contribution in [3.05, 3.63) is 160 Å². The fraction of sp³-hybridized carbons (Fsp3) is 0.299. The van der Waals surface area contributed by atoms with E-state index < -0.39 is 91.0 Å². The van der Waals surface area contributed by atoms with E-state index in [-0.39, 0.29) is 78.3 Å². The summed E-state index contributed by atoms with van der Waals surface area (Å²) in [6.45, 7) is 2.99. The van der Waals surface area contributed by atoms with Gasteiger partial charge in [0.15, 0.2) is 11.2 Å². The molecular weight excluding hydrogens is 1320 g/mol. The van der Waals surface area contributed by atoms with Crippen LogP contribution in [0.15, 0.2) is 120 Å². The molecule has 5 aromatic carbocycles. The highest BCUT2D eigenvalue weighted by atomic mass is 35.5. The van der Waals surface area contributed by atoms with Crippen LogP contribution in [0.3, 0.4) is 0 Å². The summed E-state index contributed by atoms with van der Waals surface area (Å²) in [4.78, 5) is 151. The molecule has 5 amide bonds. The minimum Gasteiger partial charge on any atom is -0.480 e. The van der Waals surface area contributed by atoms with Crippen molar-refractivity contribution in [1.82, 2.24) is 51.2 Å². The van der Waals surface area contributed by atoms with Crippen molar-refractivity contribution in [3.63, 3.8) is 0 Å². The molecule has 1 aliphatic rings. The number of aromatic amines is 3. The summed E-state index contributed by atoms with van der Waals surface area (Å²) in [6, 6.07) is 27.7. The summed E-state index contributed by atoms with van der Waals surface area (Å²) in [5.74, 6) is -6.49. The van der Waals surface area contributed by atoms with E-state index in [0.717, 1.165) is 32.6 Å². The van der Waals surface area contributed by atoms with Crippen LogP contribution in [0, 0.1) is 0 Å². The number of anilines is 4. The number of nitrogen functional groups attached to an aromatic ring is 1. The monoisotopic (exact) mass is 1390 g/mol. The standard InChI is InChI=1S/C67H69ClN14O14S2/c1-35(70-22-6-11-48(64(90)91)77-54(83)20-18-49(65(92)93)78-55(84)21-19-50(66(94)95)79-60(86)36-12-14-41(15-13-36)71-31-43-32-72-59-58(73-43)62(88)81-67(69)80-59)34-98-97-24-23-96-56(85)29-38-28-53-57(45-9-4-3-8-44(38)45)40(30-68)33-82(53)63(89)52-27-39-25-42(16-17-47(39)76-52)74-61(87)51-26-37-7-2-5-10-46(37)75-51/h2-5,7-10,12-17,25-28,32,35,40,48-50,70-71,75-76H,6,11,18-24,29-31,33-34H2,1H3,(H,74,87)(H,77,83)(H,78,84)(H,79,86)(H,90,91)(H,92,93)(H,94,95)(H3,69,72,80,81,88)/t35-,40-,48+,49+,50+/m0/s1. The maximum Gasteiger partial charge on any atom is 0.326 e. The van der Waals surface area contributed by atoms with Gasteiger partial charge < -0.3 is 72.6 Å². The summed E-state index contributed by atoms with van der Waals surface area (Å²) >= 11 is 6.58. The number of para-hydroxylation sites is 1. The lowest BCUT2D eigenvalue weighted by Crippen LogP contribution is -2.45. The Bertz CT molecular complexity index is 4540. The summed E-state index contributed by atoms with van der Waals surface area (Å²) in [7, 11) is 3.08. The van der Waals surface area contributed by atoms with E-state index >= 15 is 0 Å². The first kappa shape index (κ1) is 70.2. The van der Waals surface area contributed by atoms with Crippen LogP contribution in [-0.4, -0.2) is 160 Å². The average Bonchev–Trinajstić information content (AvgIpc) is 1.55. The summed E-state index contributed by atoms with van der Waals surface area (Å²) < 4.78 is 5.70. The molecule has 10 rings (SSSR count). The fourth-order valence-corrected chi connectivity index (χ4v) is 13.7. The Morgan fingerprint density at radius 1 is 0.724 bits per heavy atom. The number of halogens is 1. The van der Waals surface area contributed by atoms with E-state index in [2.05, 4.69) is 61.8 Å². The zero-order chi connectivity index (χ0) is 69.6. The lowest BCUT2D eigenvalue weighted by Gasteiger charge is -2.19. The first-order valence-electron chi connectivity index (χ1n) is 31.2. The molecule has 5 atom stereocenters. The van der Waals surface area contributed by atoms with Crippen molar-refractivity contribution < 1.29 is 63.2 Å². The minimum absolute atomic E-state index is 0.000620. The zero-order valence-corrected chi connectivity index (χ0v) is 55.0. The molecule has 0 fully saturated rings. The molecule has 0 saturated carbocycles. The number of carboxylic acids is 3. The van der Waals surface area contributed by atoms with Crippen LogP contribution in [0.25, 0.3) is 43.7 Å². The molecular formula is C67H69ClN14O14S2. The molecule has 0 saturated heterocycles. The van der Waals surface area contributed by atoms with Gasteiger partial charge >= 0.3 is 23.9 Å². The number of ether oxygens (including phenoxy) is 1. The van der Waals surface area contributed by atoms with Crippen molar-refractivity contribution in [2.75, 3.05) is 58.3 Å². The van der Waals surface area contributed by atoms with E-state index in [1.807, 2.05) is 67.6 Å². The molecule has 31 heteroatoms. The number of esters is 1. The second kappa shape index (κ2) is 32.5. The number of benzene rings is 5. The Labute approximate surface area is 571 Å². The Hall–Kier alpha value is -10.6. The van der Waals surface area contributed by atoms with Crippen molar-refractivity contribution in [1.29, 1.82) is 0 Å². The maximum atomic E-state index is 14.4. The number of carbonyl (C=O) groups excluding carboxylic acids is 6. The number of hydrogen-bond acceptors (Lipinski definition) is 19. The van der Waals surface area contributed by atoms with Gasteiger partial charge in [-0.2, -0.15) is 4.98 Å². The van der Waals surface area contributed by atoms with Crippen LogP contribution in [0.5, 0.6) is 0 Å². The van der Waals surface area contributed by atoms with Crippen molar-refractivity contribution in [2.24, 2.45) is 0 Å². The third kappa shape index (κ3) is 17.9. The predicted octanol–water partition coefficient (Wildman–Crippen LogP) is 7.07. The quantitative estimate of drug-likeness (QED) is 0.00846. The van der Waals surface area contributed by atoms with Gasteiger partial charge in [0.05, 0.1) is 24.9 Å². The number of alkyl halides is 1. The van der Waals surface area contributed by atoms with E-state index in [0.29, 0.717) is 76.2 Å². The van der Waals surface area contributed by atoms with Crippen LogP contribution >= 0.6 is 33.2 Å². The van der Waals surface area contributed by atoms with Gasteiger partial charge in [0.2, 0.25) is 17.8 Å². The predicted molar refractivity (Wildman–Crippen MR) is 373 cm³/mol. The van der Waals surface area contributed by atoms with Gasteiger partial charge in [0.1, 0.15) is 36.1 Å². The first-order chi connectivity index (χ1) is 47.2. The van der Waals surface area contributed by atoms with Crippen molar-refractivity contribution in [3.8, 4) is 0 Å². The molecule has 0 bridgehead atoms. The molecule has 0 unspecified atom stereocenters. The maximum absolute atomic E-state index is 14.4. The molecule has 1 aliphatic heterocycles. The van der Waals surface area contributed by atoms with E-state index in [1.165, 1.54) is 29.1 Å². The van der Waals surface area contributed by atoms with E-state index in [1.54, 1.807) is 52.1 Å². The summed E-state index contributed by atoms with van der Waals surface area (Å²) in [5.41, 5.74) is 11.3. The van der Waals surface area contributed by atoms with Crippen LogP contribution in [-0.2, 0) is 46.5 Å². The minimum atomic E-state index is -1.58. The summed E-state index contributed by atoms with van der Waals surface area (Å²) in [5, 5.41) is 49.3. The first-order valence-corrected chi connectivity index (χ1v) is 34.2. The molecule has 0 spiro atoms. The van der Waals surface area contributed by atoms with E-state index in [4.69, 9.17) is 22.1 Å². The number of hydrogen-bond donors (Lipinski definition) is 13. The normalized spacial score (nSPS) is 13.9. The lowest BCUT2D eigenvalue weighted by atomic mass is 9.92.